The Morgan fingerprint density at radius 2 is 2.12 bits per heavy atom. The van der Waals surface area contributed by atoms with Gasteiger partial charge in [0, 0.05) is 4.47 Å². The summed E-state index contributed by atoms with van der Waals surface area (Å²) >= 11 is 3.34. The Balaban J connectivity index is 2.19. The highest BCUT2D eigenvalue weighted by atomic mass is 79.9. The molecule has 5 nitrogen and oxygen atoms in total. The van der Waals surface area contributed by atoms with Crippen LogP contribution in [-0.4, -0.2) is 15.9 Å². The third kappa shape index (κ3) is 2.52. The summed E-state index contributed by atoms with van der Waals surface area (Å²) in [6.45, 7) is 3.55. The summed E-state index contributed by atoms with van der Waals surface area (Å²) in [5.41, 5.74) is 1.36. The molecule has 2 aromatic rings. The van der Waals surface area contributed by atoms with Crippen molar-refractivity contribution in [1.82, 2.24) is 9.97 Å². The average Bonchev–Trinajstić information content (AvgIpc) is 2.70. The van der Waals surface area contributed by atoms with E-state index in [1.54, 1.807) is 13.0 Å². The number of aromatic nitrogens is 2. The molecule has 0 fully saturated rings. The lowest BCUT2D eigenvalue weighted by molar-refractivity contribution is 0.0995. The smallest absolute Gasteiger partial charge is 0.294 e. The lowest BCUT2D eigenvalue weighted by Crippen LogP contribution is -2.13. The zero-order valence-electron chi connectivity index (χ0n) is 9.32. The van der Waals surface area contributed by atoms with E-state index in [1.807, 2.05) is 13.0 Å². The molecule has 0 saturated heterocycles. The first-order valence-electron chi connectivity index (χ1n) is 4.92. The minimum atomic E-state index is -0.353. The highest BCUT2D eigenvalue weighted by Gasteiger charge is 2.14. The van der Waals surface area contributed by atoms with E-state index in [0.717, 1.165) is 10.2 Å². The van der Waals surface area contributed by atoms with Gasteiger partial charge in [-0.3, -0.25) is 4.79 Å². The normalized spacial score (nSPS) is 10.3. The molecule has 1 amide bonds. The van der Waals surface area contributed by atoms with Crippen molar-refractivity contribution in [2.45, 2.75) is 13.8 Å². The van der Waals surface area contributed by atoms with Crippen LogP contribution in [0.3, 0.4) is 0 Å². The van der Waals surface area contributed by atoms with Crippen LogP contribution in [0.15, 0.2) is 27.4 Å². The number of aryl methyl sites for hydroxylation is 2. The number of carbonyl (C=O) groups is 1. The largest absolute Gasteiger partial charge is 0.438 e. The zero-order valence-corrected chi connectivity index (χ0v) is 10.9. The fraction of sp³-hybridized carbons (Fsp3) is 0.182. The van der Waals surface area contributed by atoms with E-state index in [2.05, 4.69) is 31.2 Å². The Morgan fingerprint density at radius 1 is 1.35 bits per heavy atom. The molecule has 0 aliphatic carbocycles. The zero-order chi connectivity index (χ0) is 12.4. The molecule has 2 aromatic heterocycles. The Kier molecular flexibility index (Phi) is 3.23. The van der Waals surface area contributed by atoms with Crippen LogP contribution >= 0.6 is 15.9 Å². The van der Waals surface area contributed by atoms with Crippen molar-refractivity contribution in [3.63, 3.8) is 0 Å². The third-order valence-corrected chi connectivity index (χ3v) is 3.05. The Bertz CT molecular complexity index is 566. The highest BCUT2D eigenvalue weighted by molar-refractivity contribution is 9.10. The molecule has 0 bridgehead atoms. The van der Waals surface area contributed by atoms with E-state index in [9.17, 15) is 4.79 Å². The van der Waals surface area contributed by atoms with Gasteiger partial charge in [0.15, 0.2) is 6.39 Å². The second-order valence-electron chi connectivity index (χ2n) is 3.48. The van der Waals surface area contributed by atoms with Crippen LogP contribution in [0.5, 0.6) is 0 Å². The molecule has 1 N–H and O–H groups in total. The minimum Gasteiger partial charge on any atom is -0.438 e. The van der Waals surface area contributed by atoms with Crippen LogP contribution in [0.2, 0.25) is 0 Å². The number of pyridine rings is 1. The van der Waals surface area contributed by atoms with Crippen LogP contribution in [0.25, 0.3) is 0 Å². The van der Waals surface area contributed by atoms with E-state index < -0.39 is 0 Å². The topological polar surface area (TPSA) is 68.0 Å². The van der Waals surface area contributed by atoms with E-state index in [-0.39, 0.29) is 11.7 Å². The van der Waals surface area contributed by atoms with Crippen molar-refractivity contribution < 1.29 is 9.21 Å². The van der Waals surface area contributed by atoms with Crippen molar-refractivity contribution >= 4 is 27.7 Å². The van der Waals surface area contributed by atoms with Gasteiger partial charge >= 0.3 is 0 Å². The third-order valence-electron chi connectivity index (χ3n) is 2.21. The van der Waals surface area contributed by atoms with Gasteiger partial charge < -0.3 is 9.73 Å². The number of oxazole rings is 1. The van der Waals surface area contributed by atoms with Gasteiger partial charge in [0.05, 0.1) is 11.4 Å². The molecule has 0 aromatic carbocycles. The van der Waals surface area contributed by atoms with Gasteiger partial charge in [0.1, 0.15) is 5.82 Å². The van der Waals surface area contributed by atoms with Gasteiger partial charge in [0.25, 0.3) is 5.91 Å². The van der Waals surface area contributed by atoms with Gasteiger partial charge in [-0.25, -0.2) is 9.97 Å². The van der Waals surface area contributed by atoms with Crippen molar-refractivity contribution in [2.24, 2.45) is 0 Å². The quantitative estimate of drug-likeness (QED) is 0.925. The first kappa shape index (κ1) is 11.8. The summed E-state index contributed by atoms with van der Waals surface area (Å²) in [7, 11) is 0. The van der Waals surface area contributed by atoms with Crippen LogP contribution < -0.4 is 5.32 Å². The number of nitrogens with one attached hydrogen (secondary N) is 1. The average molecular weight is 296 g/mol. The van der Waals surface area contributed by atoms with E-state index in [0.29, 0.717) is 11.5 Å². The molecule has 6 heteroatoms. The number of anilines is 1. The molecule has 0 saturated carbocycles. The molecule has 0 spiro atoms. The van der Waals surface area contributed by atoms with Crippen molar-refractivity contribution in [3.8, 4) is 0 Å². The number of amides is 1. The summed E-state index contributed by atoms with van der Waals surface area (Å²) < 4.78 is 5.89. The van der Waals surface area contributed by atoms with Crippen molar-refractivity contribution in [2.75, 3.05) is 5.32 Å². The van der Waals surface area contributed by atoms with Gasteiger partial charge in [-0.1, -0.05) is 0 Å². The molecular weight excluding hydrogens is 286 g/mol. The van der Waals surface area contributed by atoms with Gasteiger partial charge in [-0.15, -0.1) is 0 Å². The second-order valence-corrected chi connectivity index (χ2v) is 4.34. The van der Waals surface area contributed by atoms with Crippen LogP contribution in [0, 0.1) is 13.8 Å². The molecule has 0 atom stereocenters. The summed E-state index contributed by atoms with van der Waals surface area (Å²) in [4.78, 5) is 19.9. The summed E-state index contributed by atoms with van der Waals surface area (Å²) in [6, 6.07) is 3.53. The molecule has 2 rings (SSSR count). The number of hydrogen-bond donors (Lipinski definition) is 1. The number of nitrogens with zero attached hydrogens (tertiary/aromatic N) is 2. The van der Waals surface area contributed by atoms with E-state index >= 15 is 0 Å². The lowest BCUT2D eigenvalue weighted by Gasteiger charge is -2.04. The first-order chi connectivity index (χ1) is 8.08. The van der Waals surface area contributed by atoms with Crippen LogP contribution in [0.4, 0.5) is 5.82 Å². The Hall–Kier alpha value is -1.69. The molecule has 17 heavy (non-hydrogen) atoms. The van der Waals surface area contributed by atoms with Gasteiger partial charge in [-0.05, 0) is 41.9 Å². The van der Waals surface area contributed by atoms with Crippen molar-refractivity contribution in [3.05, 3.63) is 40.1 Å². The molecule has 0 radical (unpaired) electrons. The predicted molar refractivity (Wildman–Crippen MR) is 65.9 cm³/mol. The SMILES string of the molecule is Cc1nc(NC(=O)c2ocnc2C)ccc1Br. The monoisotopic (exact) mass is 295 g/mol. The highest BCUT2D eigenvalue weighted by Crippen LogP contribution is 2.17. The summed E-state index contributed by atoms with van der Waals surface area (Å²) in [5, 5.41) is 2.65. The van der Waals surface area contributed by atoms with Crippen LogP contribution in [-0.2, 0) is 0 Å². The summed E-state index contributed by atoms with van der Waals surface area (Å²) in [5.74, 6) is 0.327. The molecule has 0 unspecified atom stereocenters. The fourth-order valence-electron chi connectivity index (χ4n) is 1.31. The number of carbonyl (C=O) groups excluding carboxylic acids is 1. The number of hydrogen-bond acceptors (Lipinski definition) is 4. The Labute approximate surface area is 106 Å². The standard InChI is InChI=1S/C11H10BrN3O2/c1-6-8(12)3-4-9(14-6)15-11(16)10-7(2)13-5-17-10/h3-5H,1-2H3,(H,14,15,16). The molecular formula is C11H10BrN3O2. The fourth-order valence-corrected chi connectivity index (χ4v) is 1.53. The maximum atomic E-state index is 11.8. The first-order valence-corrected chi connectivity index (χ1v) is 5.72. The lowest BCUT2D eigenvalue weighted by atomic mass is 10.3. The van der Waals surface area contributed by atoms with Gasteiger partial charge in [-0.2, -0.15) is 0 Å². The second kappa shape index (κ2) is 4.67. The molecule has 0 aliphatic heterocycles. The predicted octanol–water partition coefficient (Wildman–Crippen LogP) is 2.70. The molecule has 88 valence electrons. The van der Waals surface area contributed by atoms with E-state index in [1.165, 1.54) is 6.39 Å². The number of halogens is 1. The molecule has 0 aliphatic rings. The molecule has 2 heterocycles. The van der Waals surface area contributed by atoms with Crippen LogP contribution in [0.1, 0.15) is 21.9 Å². The van der Waals surface area contributed by atoms with Crippen molar-refractivity contribution in [1.29, 1.82) is 0 Å². The minimum absolute atomic E-state index is 0.201. The van der Waals surface area contributed by atoms with E-state index in [4.69, 9.17) is 4.42 Å². The maximum absolute atomic E-state index is 11.8. The number of rotatable bonds is 2. The van der Waals surface area contributed by atoms with Gasteiger partial charge in [0.2, 0.25) is 5.76 Å². The Morgan fingerprint density at radius 3 is 2.71 bits per heavy atom. The maximum Gasteiger partial charge on any atom is 0.294 e. The summed E-state index contributed by atoms with van der Waals surface area (Å²) in [6.07, 6.45) is 1.24.